The molecule has 0 unspecified atom stereocenters. The zero-order valence-corrected chi connectivity index (χ0v) is 10.4. The molecule has 0 spiro atoms. The molecule has 0 aliphatic heterocycles. The van der Waals surface area contributed by atoms with Crippen molar-refractivity contribution in [2.24, 2.45) is 0 Å². The van der Waals surface area contributed by atoms with E-state index in [1.165, 1.54) is 0 Å². The Morgan fingerprint density at radius 1 is 1.60 bits per heavy atom. The third-order valence-corrected chi connectivity index (χ3v) is 2.85. The highest BCUT2D eigenvalue weighted by Gasteiger charge is 2.14. The van der Waals surface area contributed by atoms with Gasteiger partial charge < -0.3 is 5.11 Å². The molecule has 0 fully saturated rings. The lowest BCUT2D eigenvalue weighted by Gasteiger charge is -2.25. The van der Waals surface area contributed by atoms with Crippen LogP contribution < -0.4 is 0 Å². The van der Waals surface area contributed by atoms with E-state index in [9.17, 15) is 5.11 Å². The number of hydrogen-bond acceptors (Lipinski definition) is 2. The largest absolute Gasteiger partial charge is 0.394 e. The summed E-state index contributed by atoms with van der Waals surface area (Å²) in [6, 6.07) is 8.03. The first-order valence-corrected chi connectivity index (χ1v) is 5.65. The van der Waals surface area contributed by atoms with Crippen molar-refractivity contribution in [3.05, 3.63) is 47.0 Å². The van der Waals surface area contributed by atoms with Gasteiger partial charge in [-0.1, -0.05) is 34.1 Å². The summed E-state index contributed by atoms with van der Waals surface area (Å²) >= 11 is 3.43. The lowest BCUT2D eigenvalue weighted by Crippen LogP contribution is -2.27. The van der Waals surface area contributed by atoms with Gasteiger partial charge in [-0.3, -0.25) is 4.90 Å². The Morgan fingerprint density at radius 3 is 2.87 bits per heavy atom. The fourth-order valence-corrected chi connectivity index (χ4v) is 1.96. The van der Waals surface area contributed by atoms with E-state index in [0.717, 1.165) is 16.6 Å². The van der Waals surface area contributed by atoms with Crippen molar-refractivity contribution in [1.82, 2.24) is 4.90 Å². The second-order valence-electron chi connectivity index (χ2n) is 3.48. The van der Waals surface area contributed by atoms with Crippen LogP contribution in [0.1, 0.15) is 11.6 Å². The molecule has 82 valence electrons. The molecule has 1 aromatic carbocycles. The van der Waals surface area contributed by atoms with Gasteiger partial charge in [0.25, 0.3) is 0 Å². The number of rotatable bonds is 5. The number of halogens is 1. The van der Waals surface area contributed by atoms with Gasteiger partial charge in [-0.05, 0) is 24.7 Å². The van der Waals surface area contributed by atoms with E-state index in [0.29, 0.717) is 0 Å². The molecule has 0 amide bonds. The van der Waals surface area contributed by atoms with E-state index in [2.05, 4.69) is 27.4 Å². The Labute approximate surface area is 99.4 Å². The van der Waals surface area contributed by atoms with Crippen LogP contribution in [0.25, 0.3) is 0 Å². The quantitative estimate of drug-likeness (QED) is 0.831. The predicted molar refractivity (Wildman–Crippen MR) is 66.8 cm³/mol. The van der Waals surface area contributed by atoms with Gasteiger partial charge in [0, 0.05) is 11.0 Å². The van der Waals surface area contributed by atoms with Gasteiger partial charge in [0.1, 0.15) is 0 Å². The Balaban J connectivity index is 2.86. The van der Waals surface area contributed by atoms with Gasteiger partial charge in [-0.2, -0.15) is 0 Å². The van der Waals surface area contributed by atoms with E-state index >= 15 is 0 Å². The number of hydrogen-bond donors (Lipinski definition) is 1. The molecule has 1 rings (SSSR count). The maximum Gasteiger partial charge on any atom is 0.0628 e. The van der Waals surface area contributed by atoms with Gasteiger partial charge >= 0.3 is 0 Å². The minimum atomic E-state index is 0.0282. The monoisotopic (exact) mass is 269 g/mol. The molecule has 2 nitrogen and oxygen atoms in total. The maximum atomic E-state index is 9.38. The SMILES string of the molecule is C=CCN(C)[C@@H](CO)c1cccc(Br)c1. The number of nitrogens with zero attached hydrogens (tertiary/aromatic N) is 1. The van der Waals surface area contributed by atoms with Crippen molar-refractivity contribution in [3.63, 3.8) is 0 Å². The molecular weight excluding hydrogens is 254 g/mol. The van der Waals surface area contributed by atoms with Crippen LogP contribution in [0, 0.1) is 0 Å². The lowest BCUT2D eigenvalue weighted by molar-refractivity contribution is 0.159. The van der Waals surface area contributed by atoms with Crippen molar-refractivity contribution in [2.75, 3.05) is 20.2 Å². The van der Waals surface area contributed by atoms with Gasteiger partial charge in [-0.25, -0.2) is 0 Å². The summed E-state index contributed by atoms with van der Waals surface area (Å²) in [6.45, 7) is 4.57. The van der Waals surface area contributed by atoms with Gasteiger partial charge in [0.05, 0.1) is 12.6 Å². The van der Waals surface area contributed by atoms with E-state index in [4.69, 9.17) is 0 Å². The van der Waals surface area contributed by atoms with Gasteiger partial charge in [-0.15, -0.1) is 6.58 Å². The summed E-state index contributed by atoms with van der Waals surface area (Å²) in [6.07, 6.45) is 1.83. The number of likely N-dealkylation sites (N-methyl/N-ethyl adjacent to an activating group) is 1. The fourth-order valence-electron chi connectivity index (χ4n) is 1.54. The summed E-state index contributed by atoms with van der Waals surface area (Å²) in [7, 11) is 1.98. The summed E-state index contributed by atoms with van der Waals surface area (Å²) in [5.74, 6) is 0. The summed E-state index contributed by atoms with van der Waals surface area (Å²) in [5, 5.41) is 9.38. The Morgan fingerprint density at radius 2 is 2.33 bits per heavy atom. The standard InChI is InChI=1S/C12H16BrNO/c1-3-7-14(2)12(9-15)10-5-4-6-11(13)8-10/h3-6,8,12,15H,1,7,9H2,2H3/t12-/m0/s1. The van der Waals surface area contributed by atoms with E-state index in [1.807, 2.05) is 37.4 Å². The summed E-state index contributed by atoms with van der Waals surface area (Å²) in [5.41, 5.74) is 1.11. The van der Waals surface area contributed by atoms with Crippen LogP contribution in [0.2, 0.25) is 0 Å². The number of benzene rings is 1. The molecule has 0 saturated heterocycles. The highest BCUT2D eigenvalue weighted by molar-refractivity contribution is 9.10. The third kappa shape index (κ3) is 3.45. The first kappa shape index (κ1) is 12.4. The molecule has 0 radical (unpaired) electrons. The van der Waals surface area contributed by atoms with E-state index in [1.54, 1.807) is 0 Å². The van der Waals surface area contributed by atoms with Crippen molar-refractivity contribution >= 4 is 15.9 Å². The second kappa shape index (κ2) is 6.05. The maximum absolute atomic E-state index is 9.38. The number of aliphatic hydroxyl groups excluding tert-OH is 1. The van der Waals surface area contributed by atoms with E-state index < -0.39 is 0 Å². The molecule has 15 heavy (non-hydrogen) atoms. The molecule has 0 bridgehead atoms. The topological polar surface area (TPSA) is 23.5 Å². The van der Waals surface area contributed by atoms with Crippen LogP contribution in [0.5, 0.6) is 0 Å². The third-order valence-electron chi connectivity index (χ3n) is 2.36. The molecule has 0 aliphatic carbocycles. The minimum Gasteiger partial charge on any atom is -0.394 e. The zero-order chi connectivity index (χ0) is 11.3. The molecule has 0 heterocycles. The molecule has 0 aromatic heterocycles. The Hall–Kier alpha value is -0.640. The number of aliphatic hydroxyl groups is 1. The normalized spacial score (nSPS) is 12.8. The predicted octanol–water partition coefficient (Wildman–Crippen LogP) is 2.60. The molecular formula is C12H16BrNO. The van der Waals surface area contributed by atoms with Crippen LogP contribution in [0.3, 0.4) is 0 Å². The first-order chi connectivity index (χ1) is 7.19. The average molecular weight is 270 g/mol. The molecule has 1 atom stereocenters. The molecule has 3 heteroatoms. The smallest absolute Gasteiger partial charge is 0.0628 e. The second-order valence-corrected chi connectivity index (χ2v) is 4.40. The molecule has 1 N–H and O–H groups in total. The Kier molecular flexibility index (Phi) is 5.02. The highest BCUT2D eigenvalue weighted by atomic mass is 79.9. The zero-order valence-electron chi connectivity index (χ0n) is 8.86. The molecule has 0 saturated carbocycles. The van der Waals surface area contributed by atoms with Crippen LogP contribution >= 0.6 is 15.9 Å². The average Bonchev–Trinajstić information content (AvgIpc) is 2.19. The lowest BCUT2D eigenvalue weighted by atomic mass is 10.1. The minimum absolute atomic E-state index is 0.0282. The van der Waals surface area contributed by atoms with Gasteiger partial charge in [0.2, 0.25) is 0 Å². The first-order valence-electron chi connectivity index (χ1n) is 4.86. The molecule has 1 aromatic rings. The molecule has 0 aliphatic rings. The summed E-state index contributed by atoms with van der Waals surface area (Å²) < 4.78 is 1.03. The van der Waals surface area contributed by atoms with Crippen LogP contribution in [-0.2, 0) is 0 Å². The van der Waals surface area contributed by atoms with Crippen molar-refractivity contribution < 1.29 is 5.11 Å². The van der Waals surface area contributed by atoms with Crippen molar-refractivity contribution in [1.29, 1.82) is 0 Å². The van der Waals surface area contributed by atoms with E-state index in [-0.39, 0.29) is 12.6 Å². The van der Waals surface area contributed by atoms with Crippen LogP contribution in [0.4, 0.5) is 0 Å². The summed E-state index contributed by atoms with van der Waals surface area (Å²) in [4.78, 5) is 2.06. The van der Waals surface area contributed by atoms with Crippen molar-refractivity contribution in [3.8, 4) is 0 Å². The van der Waals surface area contributed by atoms with Crippen molar-refractivity contribution in [2.45, 2.75) is 6.04 Å². The Bertz CT molecular complexity index is 327. The van der Waals surface area contributed by atoms with Crippen LogP contribution in [-0.4, -0.2) is 30.2 Å². The van der Waals surface area contributed by atoms with Gasteiger partial charge in [0.15, 0.2) is 0 Å². The van der Waals surface area contributed by atoms with Crippen LogP contribution in [0.15, 0.2) is 41.4 Å². The highest BCUT2D eigenvalue weighted by Crippen LogP contribution is 2.21. The fraction of sp³-hybridized carbons (Fsp3) is 0.333.